The van der Waals surface area contributed by atoms with Crippen molar-refractivity contribution in [3.63, 3.8) is 0 Å². The van der Waals surface area contributed by atoms with Crippen molar-refractivity contribution >= 4 is 29.0 Å². The Hall–Kier alpha value is -6.21. The SMILES string of the molecule is CCCCCCOc1cccc(Nc2cccc(Oc3ccc(N(c4cccc(OCCCCC)c4)C(CC)(CC)c4cccc(Oc5ccc(C=O)cc5)c4)cc3)c2)c1. The van der Waals surface area contributed by atoms with Crippen LogP contribution in [-0.4, -0.2) is 19.5 Å². The minimum atomic E-state index is -0.457. The van der Waals surface area contributed by atoms with Gasteiger partial charge in [-0.3, -0.25) is 4.79 Å². The molecule has 0 fully saturated rings. The summed E-state index contributed by atoms with van der Waals surface area (Å²) >= 11 is 0. The van der Waals surface area contributed by atoms with Crippen molar-refractivity contribution in [2.45, 2.75) is 91.0 Å². The Balaban J connectivity index is 1.26. The molecule has 0 amide bonds. The van der Waals surface area contributed by atoms with E-state index < -0.39 is 5.54 Å². The van der Waals surface area contributed by atoms with Gasteiger partial charge in [0.05, 0.1) is 18.8 Å². The van der Waals surface area contributed by atoms with Crippen LogP contribution in [0, 0.1) is 0 Å². The summed E-state index contributed by atoms with van der Waals surface area (Å²) in [5, 5.41) is 3.52. The number of unbranched alkanes of at least 4 members (excludes halogenated alkanes) is 5. The molecule has 0 saturated carbocycles. The standard InChI is InChI=1S/C53H60N2O5/c1-5-9-11-13-35-57-49-22-15-19-43(37-49)54-44-20-16-25-52(38-44)60-48-32-28-45(29-33-48)55(46-21-17-23-50(39-46)58-34-12-10-6-2)53(7-3,8-4)42-18-14-24-51(36-42)59-47-30-26-41(40-56)27-31-47/h14-33,36-40,54H,5-13,34-35H2,1-4H3. The topological polar surface area (TPSA) is 69.3 Å². The van der Waals surface area contributed by atoms with Crippen molar-refractivity contribution in [1.82, 2.24) is 0 Å². The molecule has 6 aromatic rings. The Labute approximate surface area is 357 Å². The van der Waals surface area contributed by atoms with Crippen molar-refractivity contribution in [3.8, 4) is 34.5 Å². The predicted molar refractivity (Wildman–Crippen MR) is 247 cm³/mol. The van der Waals surface area contributed by atoms with Crippen LogP contribution in [0.25, 0.3) is 0 Å². The first-order valence-corrected chi connectivity index (χ1v) is 21.7. The van der Waals surface area contributed by atoms with Crippen LogP contribution in [0.1, 0.15) is 101 Å². The molecule has 7 heteroatoms. The summed E-state index contributed by atoms with van der Waals surface area (Å²) in [6, 6.07) is 48.4. The Morgan fingerprint density at radius 2 is 1.02 bits per heavy atom. The molecule has 0 aromatic heterocycles. The van der Waals surface area contributed by atoms with E-state index in [1.54, 1.807) is 12.1 Å². The number of ether oxygens (including phenoxy) is 4. The van der Waals surface area contributed by atoms with Gasteiger partial charge in [-0.25, -0.2) is 0 Å². The number of aldehydes is 1. The number of anilines is 4. The van der Waals surface area contributed by atoms with Crippen LogP contribution in [0.15, 0.2) is 146 Å². The fraction of sp³-hybridized carbons (Fsp3) is 0.302. The van der Waals surface area contributed by atoms with Crippen LogP contribution in [0.3, 0.4) is 0 Å². The molecule has 0 radical (unpaired) electrons. The van der Waals surface area contributed by atoms with Gasteiger partial charge in [0.25, 0.3) is 0 Å². The summed E-state index contributed by atoms with van der Waals surface area (Å²) in [4.78, 5) is 13.7. The van der Waals surface area contributed by atoms with Gasteiger partial charge < -0.3 is 29.2 Å². The first-order chi connectivity index (χ1) is 29.5. The predicted octanol–water partition coefficient (Wildman–Crippen LogP) is 15.2. The molecule has 0 spiro atoms. The number of rotatable bonds is 24. The van der Waals surface area contributed by atoms with Gasteiger partial charge in [-0.15, -0.1) is 0 Å². The third-order valence-electron chi connectivity index (χ3n) is 10.9. The molecule has 0 aliphatic carbocycles. The average molecular weight is 805 g/mol. The molecule has 0 unspecified atom stereocenters. The summed E-state index contributed by atoms with van der Waals surface area (Å²) in [7, 11) is 0. The zero-order valence-corrected chi connectivity index (χ0v) is 35.7. The second-order valence-corrected chi connectivity index (χ2v) is 15.1. The molecule has 60 heavy (non-hydrogen) atoms. The van der Waals surface area contributed by atoms with Gasteiger partial charge in [-0.1, -0.05) is 90.1 Å². The fourth-order valence-electron chi connectivity index (χ4n) is 7.59. The van der Waals surface area contributed by atoms with Crippen molar-refractivity contribution in [1.29, 1.82) is 0 Å². The Bertz CT molecular complexity index is 2210. The smallest absolute Gasteiger partial charge is 0.150 e. The van der Waals surface area contributed by atoms with Crippen molar-refractivity contribution in [3.05, 3.63) is 157 Å². The molecule has 0 aliphatic rings. The molecule has 0 atom stereocenters. The Kier molecular flexibility index (Phi) is 16.1. The van der Waals surface area contributed by atoms with Gasteiger partial charge in [0.15, 0.2) is 0 Å². The average Bonchev–Trinajstić information content (AvgIpc) is 3.28. The first kappa shape index (κ1) is 43.4. The molecule has 0 saturated heterocycles. The van der Waals surface area contributed by atoms with Crippen LogP contribution < -0.4 is 29.2 Å². The maximum atomic E-state index is 11.2. The first-order valence-electron chi connectivity index (χ1n) is 21.7. The highest BCUT2D eigenvalue weighted by molar-refractivity contribution is 5.75. The minimum Gasteiger partial charge on any atom is -0.494 e. The number of hydrogen-bond acceptors (Lipinski definition) is 7. The van der Waals surface area contributed by atoms with Crippen molar-refractivity contribution < 1.29 is 23.7 Å². The van der Waals surface area contributed by atoms with Crippen LogP contribution in [0.4, 0.5) is 22.7 Å². The highest BCUT2D eigenvalue weighted by Gasteiger charge is 2.37. The Morgan fingerprint density at radius 1 is 0.500 bits per heavy atom. The van der Waals surface area contributed by atoms with Crippen molar-refractivity contribution in [2.75, 3.05) is 23.4 Å². The lowest BCUT2D eigenvalue weighted by molar-refractivity contribution is 0.112. The van der Waals surface area contributed by atoms with Crippen molar-refractivity contribution in [2.24, 2.45) is 0 Å². The summed E-state index contributed by atoms with van der Waals surface area (Å²) in [5.74, 6) is 4.57. The van der Waals surface area contributed by atoms with Crippen LogP contribution in [-0.2, 0) is 5.54 Å². The molecule has 1 N–H and O–H groups in total. The van der Waals surface area contributed by atoms with E-state index in [9.17, 15) is 4.79 Å². The summed E-state index contributed by atoms with van der Waals surface area (Å²) in [6.45, 7) is 10.3. The maximum Gasteiger partial charge on any atom is 0.150 e. The van der Waals surface area contributed by atoms with E-state index in [0.29, 0.717) is 17.9 Å². The number of benzene rings is 6. The monoisotopic (exact) mass is 804 g/mol. The number of carbonyl (C=O) groups excluding carboxylic acids is 1. The highest BCUT2D eigenvalue weighted by atomic mass is 16.5. The molecule has 6 rings (SSSR count). The second kappa shape index (κ2) is 22.2. The molecule has 0 heterocycles. The van der Waals surface area contributed by atoms with E-state index >= 15 is 0 Å². The second-order valence-electron chi connectivity index (χ2n) is 15.1. The number of nitrogens with zero attached hydrogens (tertiary/aromatic N) is 1. The van der Waals surface area contributed by atoms with Gasteiger partial charge in [-0.2, -0.15) is 0 Å². The van der Waals surface area contributed by atoms with Gasteiger partial charge >= 0.3 is 0 Å². The lowest BCUT2D eigenvalue weighted by Gasteiger charge is -2.45. The van der Waals surface area contributed by atoms with E-state index in [1.807, 2.05) is 84.9 Å². The van der Waals surface area contributed by atoms with E-state index in [4.69, 9.17) is 18.9 Å². The zero-order valence-electron chi connectivity index (χ0n) is 35.7. The zero-order chi connectivity index (χ0) is 42.0. The third kappa shape index (κ3) is 11.7. The Morgan fingerprint density at radius 3 is 1.63 bits per heavy atom. The molecular weight excluding hydrogens is 745 g/mol. The molecule has 312 valence electrons. The number of hydrogen-bond donors (Lipinski definition) is 1. The number of nitrogens with one attached hydrogen (secondary N) is 1. The molecule has 7 nitrogen and oxygen atoms in total. The van der Waals surface area contributed by atoms with Gasteiger partial charge in [0.1, 0.15) is 40.8 Å². The lowest BCUT2D eigenvalue weighted by Crippen LogP contribution is -2.42. The maximum absolute atomic E-state index is 11.2. The quantitative estimate of drug-likeness (QED) is 0.0483. The van der Waals surface area contributed by atoms with E-state index in [-0.39, 0.29) is 0 Å². The summed E-state index contributed by atoms with van der Waals surface area (Å²) in [6.07, 6.45) is 10.5. The fourth-order valence-corrected chi connectivity index (χ4v) is 7.59. The lowest BCUT2D eigenvalue weighted by atomic mass is 9.81. The van der Waals surface area contributed by atoms with E-state index in [0.717, 1.165) is 108 Å². The third-order valence-corrected chi connectivity index (χ3v) is 10.9. The van der Waals surface area contributed by atoms with Crippen LogP contribution in [0.5, 0.6) is 34.5 Å². The van der Waals surface area contributed by atoms with E-state index in [2.05, 4.69) is 86.4 Å². The largest absolute Gasteiger partial charge is 0.494 e. The van der Waals surface area contributed by atoms with E-state index in [1.165, 1.54) is 19.3 Å². The van der Waals surface area contributed by atoms with Gasteiger partial charge in [0, 0.05) is 46.5 Å². The van der Waals surface area contributed by atoms with Crippen LogP contribution in [0.2, 0.25) is 0 Å². The minimum absolute atomic E-state index is 0.457. The highest BCUT2D eigenvalue weighted by Crippen LogP contribution is 2.46. The summed E-state index contributed by atoms with van der Waals surface area (Å²) < 4.78 is 25.1. The summed E-state index contributed by atoms with van der Waals surface area (Å²) in [5.41, 5.74) is 5.20. The molecular formula is C53H60N2O5. The van der Waals surface area contributed by atoms with Crippen LogP contribution >= 0.6 is 0 Å². The van der Waals surface area contributed by atoms with Gasteiger partial charge in [-0.05, 0) is 128 Å². The molecule has 0 aliphatic heterocycles. The molecule has 0 bridgehead atoms. The molecule has 6 aromatic carbocycles. The normalized spacial score (nSPS) is 11.1. The number of carbonyl (C=O) groups is 1. The van der Waals surface area contributed by atoms with Gasteiger partial charge in [0.2, 0.25) is 0 Å².